The zero-order valence-electron chi connectivity index (χ0n) is 15.9. The van der Waals surface area contributed by atoms with Crippen molar-refractivity contribution < 1.29 is 8.42 Å². The second kappa shape index (κ2) is 8.85. The van der Waals surface area contributed by atoms with Crippen molar-refractivity contribution in [2.75, 3.05) is 12.1 Å². The molecule has 2 unspecified atom stereocenters. The average molecular weight is 453 g/mol. The molecule has 0 bridgehead atoms. The van der Waals surface area contributed by atoms with Gasteiger partial charge in [-0.1, -0.05) is 30.7 Å². The lowest BCUT2D eigenvalue weighted by molar-refractivity contribution is 0.296. The Labute approximate surface area is 179 Å². The maximum absolute atomic E-state index is 11.6. The maximum atomic E-state index is 11.6. The van der Waals surface area contributed by atoms with E-state index in [1.165, 1.54) is 12.1 Å². The Morgan fingerprint density at radius 2 is 1.79 bits per heavy atom. The van der Waals surface area contributed by atoms with Gasteiger partial charge in [-0.2, -0.15) is 0 Å². The predicted octanol–water partition coefficient (Wildman–Crippen LogP) is 4.26. The van der Waals surface area contributed by atoms with Gasteiger partial charge in [0.1, 0.15) is 0 Å². The van der Waals surface area contributed by atoms with Gasteiger partial charge in [0.25, 0.3) is 0 Å². The molecule has 0 aromatic heterocycles. The minimum absolute atomic E-state index is 0.0304. The van der Waals surface area contributed by atoms with Crippen LogP contribution in [0.5, 0.6) is 0 Å². The first kappa shape index (κ1) is 21.8. The van der Waals surface area contributed by atoms with Gasteiger partial charge in [0.05, 0.1) is 22.3 Å². The minimum Gasteiger partial charge on any atom is -0.274 e. The van der Waals surface area contributed by atoms with Crippen molar-refractivity contribution in [3.8, 4) is 0 Å². The van der Waals surface area contributed by atoms with E-state index in [1.54, 1.807) is 12.1 Å². The van der Waals surface area contributed by atoms with E-state index >= 15 is 0 Å². The maximum Gasteiger partial charge on any atom is 0.238 e. The second-order valence-electron chi connectivity index (χ2n) is 6.78. The van der Waals surface area contributed by atoms with Crippen LogP contribution in [-0.4, -0.2) is 31.8 Å². The van der Waals surface area contributed by atoms with Crippen molar-refractivity contribution in [2.45, 2.75) is 29.5 Å². The molecule has 154 valence electrons. The summed E-state index contributed by atoms with van der Waals surface area (Å²) in [7, 11) is -1.82. The Kier molecular flexibility index (Phi) is 6.65. The van der Waals surface area contributed by atoms with E-state index in [0.29, 0.717) is 5.02 Å². The first-order chi connectivity index (χ1) is 13.7. The fraction of sp³-hybridized carbons (Fsp3) is 0.263. The summed E-state index contributed by atoms with van der Waals surface area (Å²) in [5.74, 6) is 0. The molecule has 2 N–H and O–H groups in total. The third-order valence-electron chi connectivity index (χ3n) is 4.72. The topological polar surface area (TPSA) is 96.1 Å². The zero-order chi connectivity index (χ0) is 21.2. The molecular formula is C19H21ClN4O3S2. The van der Waals surface area contributed by atoms with Crippen LogP contribution in [-0.2, 0) is 10.0 Å². The molecule has 1 aliphatic heterocycles. The van der Waals surface area contributed by atoms with Crippen LogP contribution in [0.1, 0.15) is 18.9 Å². The third kappa shape index (κ3) is 4.99. The number of nitrogens with two attached hydrogens (primary N) is 1. The quantitative estimate of drug-likeness (QED) is 0.498. The van der Waals surface area contributed by atoms with Crippen LogP contribution in [0.3, 0.4) is 0 Å². The van der Waals surface area contributed by atoms with Gasteiger partial charge in [-0.05, 0) is 54.5 Å². The SMILES string of the molecule is CC(CC1C=C(c2ccc(Cl)cc2)N(c2ccc(S(N)(=O)=O)cc2)N1C)SN=O. The molecule has 7 nitrogen and oxygen atoms in total. The standard InChI is InChI=1S/C19H21ClN4O3S2/c1-13(28-22-25)11-17-12-19(14-3-5-15(20)6-4-14)24(23(17)2)16-7-9-18(10-8-16)29(21,26)27/h3-10,12-13,17H,11H2,1-2H3,(H2,21,26,27). The molecule has 10 heteroatoms. The number of nitroso groups, excluding NO2 is 1. The summed E-state index contributed by atoms with van der Waals surface area (Å²) < 4.78 is 26.1. The van der Waals surface area contributed by atoms with Gasteiger partial charge in [-0.25, -0.2) is 18.6 Å². The Bertz CT molecular complexity index is 1010. The molecule has 0 aliphatic carbocycles. The van der Waals surface area contributed by atoms with E-state index in [2.05, 4.69) is 15.7 Å². The molecule has 0 amide bonds. The largest absolute Gasteiger partial charge is 0.274 e. The number of rotatable bonds is 7. The molecule has 1 aliphatic rings. The molecule has 0 saturated carbocycles. The molecule has 1 heterocycles. The highest BCUT2D eigenvalue weighted by Crippen LogP contribution is 2.37. The second-order valence-corrected chi connectivity index (χ2v) is 9.94. The molecule has 0 radical (unpaired) electrons. The summed E-state index contributed by atoms with van der Waals surface area (Å²) in [6.07, 6.45) is 2.84. The molecule has 2 aromatic rings. The fourth-order valence-electron chi connectivity index (χ4n) is 3.29. The molecule has 29 heavy (non-hydrogen) atoms. The van der Waals surface area contributed by atoms with Gasteiger partial charge in [0.2, 0.25) is 10.0 Å². The number of hydrazine groups is 1. The van der Waals surface area contributed by atoms with Gasteiger partial charge >= 0.3 is 0 Å². The number of benzene rings is 2. The number of hydrogen-bond donors (Lipinski definition) is 1. The molecule has 0 fully saturated rings. The normalized spacial score (nSPS) is 18.6. The minimum atomic E-state index is -3.76. The van der Waals surface area contributed by atoms with Crippen LogP contribution >= 0.6 is 23.5 Å². The number of hydrogen-bond acceptors (Lipinski definition) is 7. The predicted molar refractivity (Wildman–Crippen MR) is 119 cm³/mol. The lowest BCUT2D eigenvalue weighted by Crippen LogP contribution is -2.40. The third-order valence-corrected chi connectivity index (χ3v) is 6.54. The van der Waals surface area contributed by atoms with Crippen molar-refractivity contribution in [3.63, 3.8) is 0 Å². The van der Waals surface area contributed by atoms with Gasteiger partial charge in [-0.15, -0.1) is 4.91 Å². The van der Waals surface area contributed by atoms with Crippen LogP contribution in [0.25, 0.3) is 5.70 Å². The van der Waals surface area contributed by atoms with Gasteiger partial charge in [0.15, 0.2) is 0 Å². The molecule has 2 atom stereocenters. The first-order valence-electron chi connectivity index (χ1n) is 8.82. The van der Waals surface area contributed by atoms with E-state index in [0.717, 1.165) is 35.3 Å². The Hall–Kier alpha value is -1.91. The van der Waals surface area contributed by atoms with Crippen molar-refractivity contribution in [3.05, 3.63) is 70.1 Å². The van der Waals surface area contributed by atoms with E-state index in [9.17, 15) is 13.3 Å². The summed E-state index contributed by atoms with van der Waals surface area (Å²) in [5.41, 5.74) is 2.69. The molecule has 0 saturated heterocycles. The Morgan fingerprint density at radius 1 is 1.17 bits per heavy atom. The van der Waals surface area contributed by atoms with E-state index < -0.39 is 10.0 Å². The van der Waals surface area contributed by atoms with Crippen molar-refractivity contribution >= 4 is 45.0 Å². The summed E-state index contributed by atoms with van der Waals surface area (Å²) in [6.45, 7) is 1.96. The van der Waals surface area contributed by atoms with Crippen LogP contribution in [0.2, 0.25) is 5.02 Å². The first-order valence-corrected chi connectivity index (χ1v) is 11.6. The average Bonchev–Trinajstić information content (AvgIpc) is 2.98. The van der Waals surface area contributed by atoms with Crippen LogP contribution < -0.4 is 10.1 Å². The van der Waals surface area contributed by atoms with E-state index in [-0.39, 0.29) is 16.2 Å². The highest BCUT2D eigenvalue weighted by Gasteiger charge is 2.32. The number of halogens is 1. The van der Waals surface area contributed by atoms with Crippen molar-refractivity contribution in [1.82, 2.24) is 5.01 Å². The lowest BCUT2D eigenvalue weighted by atomic mass is 10.1. The number of primary sulfonamides is 1. The fourth-order valence-corrected chi connectivity index (χ4v) is 4.37. The molecular weight excluding hydrogens is 432 g/mol. The van der Waals surface area contributed by atoms with Crippen molar-refractivity contribution in [2.24, 2.45) is 9.72 Å². The number of sulfonamides is 1. The number of likely N-dealkylation sites (N-methyl/N-ethyl adjacent to an activating group) is 1. The number of nitrogens with zero attached hydrogens (tertiary/aromatic N) is 3. The Balaban J connectivity index is 1.99. The van der Waals surface area contributed by atoms with Crippen molar-refractivity contribution in [1.29, 1.82) is 0 Å². The highest BCUT2D eigenvalue weighted by atomic mass is 35.5. The lowest BCUT2D eigenvalue weighted by Gasteiger charge is -2.33. The summed E-state index contributed by atoms with van der Waals surface area (Å²) in [4.78, 5) is 10.6. The summed E-state index contributed by atoms with van der Waals surface area (Å²) in [5, 5.41) is 9.96. The van der Waals surface area contributed by atoms with E-state index in [1.807, 2.05) is 43.2 Å². The van der Waals surface area contributed by atoms with Crippen LogP contribution in [0.4, 0.5) is 5.69 Å². The number of anilines is 1. The van der Waals surface area contributed by atoms with Crippen LogP contribution in [0, 0.1) is 4.91 Å². The zero-order valence-corrected chi connectivity index (χ0v) is 18.3. The monoisotopic (exact) mass is 452 g/mol. The van der Waals surface area contributed by atoms with E-state index in [4.69, 9.17) is 16.7 Å². The van der Waals surface area contributed by atoms with Gasteiger partial charge < -0.3 is 0 Å². The molecule has 0 spiro atoms. The molecule has 2 aromatic carbocycles. The van der Waals surface area contributed by atoms with Gasteiger partial charge in [-0.3, -0.25) is 5.01 Å². The summed E-state index contributed by atoms with van der Waals surface area (Å²) in [6, 6.07) is 13.9. The highest BCUT2D eigenvalue weighted by molar-refractivity contribution is 7.98. The van der Waals surface area contributed by atoms with Gasteiger partial charge in [0, 0.05) is 33.9 Å². The summed E-state index contributed by atoms with van der Waals surface area (Å²) >= 11 is 7.06. The molecule has 3 rings (SSSR count). The Morgan fingerprint density at radius 3 is 2.34 bits per heavy atom. The van der Waals surface area contributed by atoms with Crippen LogP contribution in [0.15, 0.2) is 64.1 Å². The smallest absolute Gasteiger partial charge is 0.238 e.